The number of amides is 1. The fourth-order valence-corrected chi connectivity index (χ4v) is 3.60. The van der Waals surface area contributed by atoms with E-state index in [2.05, 4.69) is 25.9 Å². The van der Waals surface area contributed by atoms with Crippen LogP contribution in [0.2, 0.25) is 0 Å². The first-order valence-corrected chi connectivity index (χ1v) is 10.4. The van der Waals surface area contributed by atoms with Crippen LogP contribution < -0.4 is 16.0 Å². The molecule has 0 unspecified atom stereocenters. The van der Waals surface area contributed by atoms with E-state index in [1.807, 2.05) is 0 Å². The monoisotopic (exact) mass is 465 g/mol. The molecule has 12 heteroatoms. The topological polar surface area (TPSA) is 115 Å². The van der Waals surface area contributed by atoms with E-state index in [0.717, 1.165) is 11.8 Å². The Balaban J connectivity index is 1.81. The zero-order valence-electron chi connectivity index (χ0n) is 18.3. The Kier molecular flexibility index (Phi) is 7.69. The lowest BCUT2D eigenvalue weighted by molar-refractivity contribution is -0.137. The summed E-state index contributed by atoms with van der Waals surface area (Å²) >= 11 is 0. The van der Waals surface area contributed by atoms with Crippen LogP contribution in [0.1, 0.15) is 23.1 Å². The van der Waals surface area contributed by atoms with Gasteiger partial charge in [-0.1, -0.05) is 6.07 Å². The summed E-state index contributed by atoms with van der Waals surface area (Å²) < 4.78 is 44.6. The van der Waals surface area contributed by atoms with Crippen molar-refractivity contribution in [2.75, 3.05) is 56.3 Å². The first kappa shape index (κ1) is 24.2. The van der Waals surface area contributed by atoms with E-state index in [9.17, 15) is 18.0 Å². The molecule has 1 saturated heterocycles. The van der Waals surface area contributed by atoms with Gasteiger partial charge in [-0.25, -0.2) is 4.98 Å². The molecule has 1 amide bonds. The number of ether oxygens (including phenoxy) is 1. The molecular weight excluding hydrogens is 439 g/mol. The first-order valence-electron chi connectivity index (χ1n) is 10.4. The quantitative estimate of drug-likeness (QED) is 0.443. The second-order valence-corrected chi connectivity index (χ2v) is 7.28. The maximum absolute atomic E-state index is 13.1. The minimum Gasteiger partial charge on any atom is -0.387 e. The van der Waals surface area contributed by atoms with Gasteiger partial charge in [0.15, 0.2) is 0 Å². The average Bonchev–Trinajstić information content (AvgIpc) is 2.82. The molecule has 1 aromatic heterocycles. The highest BCUT2D eigenvalue weighted by Gasteiger charge is 2.35. The second kappa shape index (κ2) is 10.5. The van der Waals surface area contributed by atoms with Gasteiger partial charge >= 0.3 is 6.18 Å². The summed E-state index contributed by atoms with van der Waals surface area (Å²) in [5.74, 6) is -0.368. The van der Waals surface area contributed by atoms with Crippen molar-refractivity contribution in [2.24, 2.45) is 0 Å². The number of carbonyl (C=O) groups excluding carboxylic acids is 1. The van der Waals surface area contributed by atoms with E-state index < -0.39 is 11.7 Å². The third kappa shape index (κ3) is 5.69. The molecule has 1 aromatic carbocycles. The Labute approximate surface area is 189 Å². The van der Waals surface area contributed by atoms with Crippen molar-refractivity contribution in [2.45, 2.75) is 19.0 Å². The SMILES string of the molecule is CNc1nc(Nc2ccc(CCC(=O)N3CCOCC3)c(NC)c2C=N)ncc1C(F)(F)F. The van der Waals surface area contributed by atoms with E-state index in [1.54, 1.807) is 24.1 Å². The molecule has 0 aliphatic carbocycles. The molecule has 0 bridgehead atoms. The van der Waals surface area contributed by atoms with Gasteiger partial charge in [0, 0.05) is 57.3 Å². The summed E-state index contributed by atoms with van der Waals surface area (Å²) in [6.07, 6.45) is -1.97. The minimum absolute atomic E-state index is 0.0386. The number of carbonyl (C=O) groups is 1. The molecule has 0 radical (unpaired) electrons. The van der Waals surface area contributed by atoms with Crippen LogP contribution in [-0.4, -0.2) is 67.4 Å². The normalized spacial score (nSPS) is 14.0. The lowest BCUT2D eigenvalue weighted by atomic mass is 10.0. The van der Waals surface area contributed by atoms with Crippen molar-refractivity contribution in [1.82, 2.24) is 14.9 Å². The largest absolute Gasteiger partial charge is 0.421 e. The third-order valence-corrected chi connectivity index (χ3v) is 5.28. The number of halogens is 3. The molecule has 1 aliphatic rings. The molecular formula is C21H26F3N7O2. The molecule has 0 spiro atoms. The summed E-state index contributed by atoms with van der Waals surface area (Å²) in [7, 11) is 3.05. The molecule has 2 heterocycles. The molecule has 33 heavy (non-hydrogen) atoms. The Morgan fingerprint density at radius 3 is 2.58 bits per heavy atom. The molecule has 3 rings (SSSR count). The number of benzene rings is 1. The number of nitrogens with one attached hydrogen (secondary N) is 4. The van der Waals surface area contributed by atoms with Crippen LogP contribution in [0, 0.1) is 5.41 Å². The van der Waals surface area contributed by atoms with Crippen molar-refractivity contribution in [3.05, 3.63) is 35.0 Å². The van der Waals surface area contributed by atoms with Crippen LogP contribution in [0.5, 0.6) is 0 Å². The zero-order valence-corrected chi connectivity index (χ0v) is 18.3. The number of alkyl halides is 3. The number of hydrogen-bond acceptors (Lipinski definition) is 8. The summed E-state index contributed by atoms with van der Waals surface area (Å²) in [4.78, 5) is 21.9. The van der Waals surface area contributed by atoms with Gasteiger partial charge in [-0.15, -0.1) is 0 Å². The average molecular weight is 465 g/mol. The van der Waals surface area contributed by atoms with Crippen molar-refractivity contribution >= 4 is 35.3 Å². The van der Waals surface area contributed by atoms with E-state index in [0.29, 0.717) is 62.3 Å². The molecule has 4 N–H and O–H groups in total. The van der Waals surface area contributed by atoms with Crippen molar-refractivity contribution in [3.8, 4) is 0 Å². The van der Waals surface area contributed by atoms with Gasteiger partial charge in [-0.05, 0) is 18.1 Å². The number of aryl methyl sites for hydroxylation is 1. The summed E-state index contributed by atoms with van der Waals surface area (Å²) in [6.45, 7) is 2.22. The number of morpholine rings is 1. The van der Waals surface area contributed by atoms with Gasteiger partial charge < -0.3 is 31.0 Å². The lowest BCUT2D eigenvalue weighted by Gasteiger charge is -2.27. The number of hydrogen-bond donors (Lipinski definition) is 4. The lowest BCUT2D eigenvalue weighted by Crippen LogP contribution is -2.40. The Bertz CT molecular complexity index is 1010. The number of anilines is 4. The smallest absolute Gasteiger partial charge is 0.387 e. The van der Waals surface area contributed by atoms with Crippen LogP contribution in [-0.2, 0) is 22.1 Å². The predicted octanol–water partition coefficient (Wildman–Crippen LogP) is 3.11. The fourth-order valence-electron chi connectivity index (χ4n) is 3.60. The van der Waals surface area contributed by atoms with Crippen LogP contribution in [0.25, 0.3) is 0 Å². The molecule has 0 atom stereocenters. The number of rotatable bonds is 8. The first-order chi connectivity index (χ1) is 15.8. The highest BCUT2D eigenvalue weighted by molar-refractivity contribution is 5.95. The van der Waals surface area contributed by atoms with E-state index in [1.165, 1.54) is 7.05 Å². The predicted molar refractivity (Wildman–Crippen MR) is 119 cm³/mol. The van der Waals surface area contributed by atoms with Gasteiger partial charge in [0.05, 0.1) is 18.9 Å². The maximum atomic E-state index is 13.1. The summed E-state index contributed by atoms with van der Waals surface area (Å²) in [6, 6.07) is 3.49. The summed E-state index contributed by atoms with van der Waals surface area (Å²) in [5, 5.41) is 16.2. The Morgan fingerprint density at radius 1 is 1.24 bits per heavy atom. The fraction of sp³-hybridized carbons (Fsp3) is 0.429. The van der Waals surface area contributed by atoms with E-state index in [-0.39, 0.29) is 17.7 Å². The van der Waals surface area contributed by atoms with Crippen molar-refractivity contribution < 1.29 is 22.7 Å². The van der Waals surface area contributed by atoms with Gasteiger partial charge in [-0.2, -0.15) is 18.2 Å². The molecule has 0 saturated carbocycles. The van der Waals surface area contributed by atoms with Crippen LogP contribution >= 0.6 is 0 Å². The zero-order chi connectivity index (χ0) is 24.0. The van der Waals surface area contributed by atoms with E-state index >= 15 is 0 Å². The maximum Gasteiger partial charge on any atom is 0.421 e. The Morgan fingerprint density at radius 2 is 1.97 bits per heavy atom. The number of aromatic nitrogens is 2. The van der Waals surface area contributed by atoms with Crippen LogP contribution in [0.4, 0.5) is 36.3 Å². The third-order valence-electron chi connectivity index (χ3n) is 5.28. The second-order valence-electron chi connectivity index (χ2n) is 7.28. The van der Waals surface area contributed by atoms with Gasteiger partial charge in [0.1, 0.15) is 11.4 Å². The molecule has 1 aliphatic heterocycles. The highest BCUT2D eigenvalue weighted by Crippen LogP contribution is 2.34. The molecule has 9 nitrogen and oxygen atoms in total. The van der Waals surface area contributed by atoms with Gasteiger partial charge in [0.25, 0.3) is 0 Å². The van der Waals surface area contributed by atoms with Crippen molar-refractivity contribution in [3.63, 3.8) is 0 Å². The highest BCUT2D eigenvalue weighted by atomic mass is 19.4. The molecule has 178 valence electrons. The van der Waals surface area contributed by atoms with Crippen molar-refractivity contribution in [1.29, 1.82) is 5.41 Å². The summed E-state index contributed by atoms with van der Waals surface area (Å²) in [5.41, 5.74) is 1.43. The molecule has 2 aromatic rings. The van der Waals surface area contributed by atoms with Gasteiger partial charge in [-0.3, -0.25) is 4.79 Å². The number of nitrogens with zero attached hydrogens (tertiary/aromatic N) is 3. The standard InChI is InChI=1S/C21H26F3N7O2/c1-26-18-13(4-6-17(32)31-7-9-33-10-8-31)3-5-16(14(18)11-25)29-20-28-12-15(21(22,23)24)19(27-2)30-20/h3,5,11-12,25-26H,4,6-10H2,1-2H3,(H2,27,28,29,30). The van der Waals surface area contributed by atoms with Crippen LogP contribution in [0.15, 0.2) is 18.3 Å². The van der Waals surface area contributed by atoms with Crippen LogP contribution in [0.3, 0.4) is 0 Å². The van der Waals surface area contributed by atoms with E-state index in [4.69, 9.17) is 10.1 Å². The van der Waals surface area contributed by atoms with Gasteiger partial charge in [0.2, 0.25) is 11.9 Å². The Hall–Kier alpha value is -3.41. The molecule has 1 fully saturated rings. The minimum atomic E-state index is -4.59.